The first-order valence-corrected chi connectivity index (χ1v) is 11.9. The van der Waals surface area contributed by atoms with Crippen LogP contribution in [0.15, 0.2) is 42.6 Å². The molecule has 190 valence electrons. The van der Waals surface area contributed by atoms with Crippen LogP contribution in [0.5, 0.6) is 0 Å². The van der Waals surface area contributed by atoms with Gasteiger partial charge in [-0.15, -0.1) is 0 Å². The van der Waals surface area contributed by atoms with E-state index in [1.165, 1.54) is 24.0 Å². The number of carboxylic acid groups (broad SMARTS) is 1. The van der Waals surface area contributed by atoms with Crippen molar-refractivity contribution in [2.75, 3.05) is 6.54 Å². The molecular formula is C27H23ClFN3O5. The van der Waals surface area contributed by atoms with Gasteiger partial charge in [0, 0.05) is 52.8 Å². The molecule has 1 aromatic heterocycles. The number of carboxylic acids is 1. The summed E-state index contributed by atoms with van der Waals surface area (Å²) in [6.07, 6.45) is 2.70. The Bertz CT molecular complexity index is 1490. The number of Topliss-reactive ketones (excluding diaryl/α,β-unsaturated/α-hetero) is 1. The van der Waals surface area contributed by atoms with Crippen molar-refractivity contribution < 1.29 is 28.7 Å². The van der Waals surface area contributed by atoms with Gasteiger partial charge in [0.15, 0.2) is 5.78 Å². The highest BCUT2D eigenvalue weighted by atomic mass is 35.5. The molecule has 3 aromatic rings. The van der Waals surface area contributed by atoms with Gasteiger partial charge in [0.1, 0.15) is 18.4 Å². The Morgan fingerprint density at radius 1 is 1.22 bits per heavy atom. The van der Waals surface area contributed by atoms with E-state index >= 15 is 0 Å². The van der Waals surface area contributed by atoms with Crippen molar-refractivity contribution in [3.63, 3.8) is 0 Å². The fraction of sp³-hybridized carbons (Fsp3) is 0.259. The number of ketones is 1. The molecule has 1 atom stereocenters. The zero-order valence-corrected chi connectivity index (χ0v) is 20.6. The molecule has 1 aliphatic rings. The number of aliphatic carboxylic acids is 1. The van der Waals surface area contributed by atoms with Gasteiger partial charge in [-0.2, -0.15) is 0 Å². The van der Waals surface area contributed by atoms with Gasteiger partial charge < -0.3 is 19.9 Å². The van der Waals surface area contributed by atoms with Crippen molar-refractivity contribution in [3.8, 4) is 11.8 Å². The fourth-order valence-electron chi connectivity index (χ4n) is 4.47. The van der Waals surface area contributed by atoms with Crippen LogP contribution in [0.3, 0.4) is 0 Å². The number of hydrogen-bond donors (Lipinski definition) is 2. The zero-order chi connectivity index (χ0) is 26.7. The van der Waals surface area contributed by atoms with Gasteiger partial charge in [0.05, 0.1) is 5.02 Å². The van der Waals surface area contributed by atoms with Crippen LogP contribution in [-0.2, 0) is 27.5 Å². The third kappa shape index (κ3) is 5.65. The molecule has 4 rings (SSSR count). The lowest BCUT2D eigenvalue weighted by Gasteiger charge is -2.24. The zero-order valence-electron chi connectivity index (χ0n) is 19.9. The number of likely N-dealkylation sites (tertiary alicyclic amines) is 1. The van der Waals surface area contributed by atoms with E-state index in [-0.39, 0.29) is 41.3 Å². The molecular weight excluding hydrogens is 501 g/mol. The lowest BCUT2D eigenvalue weighted by Crippen LogP contribution is -2.46. The van der Waals surface area contributed by atoms with Crippen LogP contribution >= 0.6 is 11.6 Å². The molecule has 37 heavy (non-hydrogen) atoms. The summed E-state index contributed by atoms with van der Waals surface area (Å²) in [6.45, 7) is 1.65. The first kappa shape index (κ1) is 25.9. The minimum Gasteiger partial charge on any atom is -0.472 e. The maximum atomic E-state index is 14.2. The summed E-state index contributed by atoms with van der Waals surface area (Å²) in [7, 11) is 0. The Balaban J connectivity index is 1.51. The van der Waals surface area contributed by atoms with Crippen LogP contribution < -0.4 is 5.32 Å². The maximum absolute atomic E-state index is 14.2. The van der Waals surface area contributed by atoms with E-state index in [0.717, 1.165) is 0 Å². The van der Waals surface area contributed by atoms with Crippen molar-refractivity contribution in [1.29, 1.82) is 0 Å². The molecule has 8 nitrogen and oxygen atoms in total. The number of hydrogen-bond acceptors (Lipinski definition) is 4. The van der Waals surface area contributed by atoms with E-state index in [1.807, 2.05) is 5.92 Å². The number of carbonyl (C=O) groups excluding carboxylic acids is 3. The largest absolute Gasteiger partial charge is 0.472 e. The van der Waals surface area contributed by atoms with E-state index in [2.05, 4.69) is 11.2 Å². The lowest BCUT2D eigenvalue weighted by molar-refractivity contribution is -0.138. The summed E-state index contributed by atoms with van der Waals surface area (Å²) in [5, 5.41) is 12.0. The van der Waals surface area contributed by atoms with Crippen molar-refractivity contribution in [3.05, 3.63) is 70.1 Å². The highest BCUT2D eigenvalue weighted by Crippen LogP contribution is 2.25. The molecule has 0 aliphatic carbocycles. The molecule has 0 spiro atoms. The standard InChI is InChI=1S/C27H23ClFN3O5/c1-16(33)20-14-31(22-9-7-17(12-19(20)22)8-10-25(35)36)15-24(34)32-11-3-6-23(32)27(37)30-13-18-4-2-5-21(28)26(18)29/h2,4-5,7,9,12,14,23H,3,6,11,13,15H2,1H3,(H,30,37)(H,35,36)/t23-/m0/s1. The van der Waals surface area contributed by atoms with Crippen molar-refractivity contribution in [2.24, 2.45) is 0 Å². The molecule has 0 saturated carbocycles. The first-order chi connectivity index (χ1) is 17.7. The lowest BCUT2D eigenvalue weighted by atomic mass is 10.1. The summed E-state index contributed by atoms with van der Waals surface area (Å²) < 4.78 is 15.8. The second-order valence-corrected chi connectivity index (χ2v) is 9.10. The SMILES string of the molecule is CC(=O)c1cn(CC(=O)N2CCC[C@H]2C(=O)NCc2cccc(Cl)c2F)c2ccc(C#CC(=O)O)cc12. The topological polar surface area (TPSA) is 109 Å². The number of fused-ring (bicyclic) bond motifs is 1. The normalized spacial score (nSPS) is 14.8. The maximum Gasteiger partial charge on any atom is 0.382 e. The Kier molecular flexibility index (Phi) is 7.60. The van der Waals surface area contributed by atoms with Crippen LogP contribution in [0.25, 0.3) is 10.9 Å². The van der Waals surface area contributed by atoms with Crippen molar-refractivity contribution in [2.45, 2.75) is 38.9 Å². The highest BCUT2D eigenvalue weighted by molar-refractivity contribution is 6.30. The molecule has 0 bridgehead atoms. The molecule has 2 N–H and O–H groups in total. The number of rotatable bonds is 6. The molecule has 0 unspecified atom stereocenters. The quantitative estimate of drug-likeness (QED) is 0.380. The minimum absolute atomic E-state index is 0.0330. The summed E-state index contributed by atoms with van der Waals surface area (Å²) in [6, 6.07) is 8.76. The summed E-state index contributed by atoms with van der Waals surface area (Å²) >= 11 is 5.80. The number of nitrogens with zero attached hydrogens (tertiary/aromatic N) is 2. The number of nitrogens with one attached hydrogen (secondary N) is 1. The van der Waals surface area contributed by atoms with E-state index in [4.69, 9.17) is 16.7 Å². The molecule has 0 radical (unpaired) electrons. The Morgan fingerprint density at radius 2 is 2.00 bits per heavy atom. The predicted octanol–water partition coefficient (Wildman–Crippen LogP) is 3.38. The van der Waals surface area contributed by atoms with Gasteiger partial charge in [-0.05, 0) is 44.0 Å². The van der Waals surface area contributed by atoms with E-state index in [1.54, 1.807) is 35.0 Å². The van der Waals surface area contributed by atoms with Crippen LogP contribution in [0.2, 0.25) is 5.02 Å². The van der Waals surface area contributed by atoms with Crippen molar-refractivity contribution in [1.82, 2.24) is 14.8 Å². The Hall–Kier alpha value is -4.16. The van der Waals surface area contributed by atoms with E-state index < -0.39 is 17.8 Å². The summed E-state index contributed by atoms with van der Waals surface area (Å²) in [5.41, 5.74) is 1.66. The van der Waals surface area contributed by atoms with E-state index in [9.17, 15) is 23.6 Å². The summed E-state index contributed by atoms with van der Waals surface area (Å²) in [5.74, 6) is 1.81. The average molecular weight is 524 g/mol. The van der Waals surface area contributed by atoms with Gasteiger partial charge in [0.2, 0.25) is 11.8 Å². The molecule has 1 fully saturated rings. The molecule has 2 heterocycles. The first-order valence-electron chi connectivity index (χ1n) is 11.5. The molecule has 1 aliphatic heterocycles. The van der Waals surface area contributed by atoms with Gasteiger partial charge in [0.25, 0.3) is 0 Å². The predicted molar refractivity (Wildman–Crippen MR) is 134 cm³/mol. The smallest absolute Gasteiger partial charge is 0.382 e. The van der Waals surface area contributed by atoms with Gasteiger partial charge in [-0.1, -0.05) is 29.7 Å². The molecule has 1 saturated heterocycles. The molecule has 10 heteroatoms. The average Bonchev–Trinajstić information content (AvgIpc) is 3.49. The number of aromatic nitrogens is 1. The van der Waals surface area contributed by atoms with Gasteiger partial charge >= 0.3 is 5.97 Å². The molecule has 2 amide bonds. The number of carbonyl (C=O) groups is 4. The monoisotopic (exact) mass is 523 g/mol. The number of halogens is 2. The van der Waals surface area contributed by atoms with Crippen LogP contribution in [0, 0.1) is 17.7 Å². The Morgan fingerprint density at radius 3 is 2.73 bits per heavy atom. The van der Waals surface area contributed by atoms with Gasteiger partial charge in [-0.3, -0.25) is 14.4 Å². The minimum atomic E-state index is -1.27. The van der Waals surface area contributed by atoms with Crippen LogP contribution in [0.1, 0.15) is 41.3 Å². The second-order valence-electron chi connectivity index (χ2n) is 8.69. The Labute approximate surface area is 217 Å². The molecule has 2 aromatic carbocycles. The number of benzene rings is 2. The van der Waals surface area contributed by atoms with Crippen LogP contribution in [0.4, 0.5) is 4.39 Å². The third-order valence-electron chi connectivity index (χ3n) is 6.24. The number of amides is 2. The second kappa shape index (κ2) is 10.8. The van der Waals surface area contributed by atoms with E-state index in [0.29, 0.717) is 41.4 Å². The highest BCUT2D eigenvalue weighted by Gasteiger charge is 2.34. The van der Waals surface area contributed by atoms with Crippen molar-refractivity contribution >= 4 is 46.1 Å². The summed E-state index contributed by atoms with van der Waals surface area (Å²) in [4.78, 5) is 50.6. The third-order valence-corrected chi connectivity index (χ3v) is 6.53. The fourth-order valence-corrected chi connectivity index (χ4v) is 4.67. The van der Waals surface area contributed by atoms with Crippen LogP contribution in [-0.4, -0.2) is 50.7 Å². The van der Waals surface area contributed by atoms with Gasteiger partial charge in [-0.25, -0.2) is 9.18 Å².